The molecule has 0 unspecified atom stereocenters. The molecule has 1 rings (SSSR count). The van der Waals surface area contributed by atoms with E-state index in [4.69, 9.17) is 16.7 Å². The Balaban J connectivity index is 2.65. The number of rotatable bonds is 5. The number of nitrogens with zero attached hydrogens (tertiary/aromatic N) is 1. The van der Waals surface area contributed by atoms with Crippen molar-refractivity contribution in [2.24, 2.45) is 0 Å². The molecule has 1 heterocycles. The van der Waals surface area contributed by atoms with Crippen LogP contribution in [-0.2, 0) is 14.8 Å². The second-order valence-corrected chi connectivity index (χ2v) is 5.16. The van der Waals surface area contributed by atoms with E-state index in [1.165, 1.54) is 18.3 Å². The van der Waals surface area contributed by atoms with Gasteiger partial charge >= 0.3 is 5.97 Å². The SMILES string of the molecule is O=C(O)CCS(=O)(=O)Nc1ccc(Cl)nc1. The second kappa shape index (κ2) is 5.13. The van der Waals surface area contributed by atoms with Gasteiger partial charge < -0.3 is 5.11 Å². The van der Waals surface area contributed by atoms with Gasteiger partial charge in [0.2, 0.25) is 10.0 Å². The van der Waals surface area contributed by atoms with Crippen LogP contribution in [0.3, 0.4) is 0 Å². The van der Waals surface area contributed by atoms with Crippen molar-refractivity contribution in [1.29, 1.82) is 0 Å². The zero-order valence-corrected chi connectivity index (χ0v) is 9.62. The standard InChI is InChI=1S/C8H9ClN2O4S/c9-7-2-1-6(5-10-7)11-16(14,15)4-3-8(12)13/h1-2,5,11H,3-4H2,(H,12,13). The zero-order chi connectivity index (χ0) is 12.2. The molecule has 0 aliphatic carbocycles. The molecule has 0 aliphatic rings. The van der Waals surface area contributed by atoms with Gasteiger partial charge in [-0.25, -0.2) is 13.4 Å². The molecule has 0 spiro atoms. The number of sulfonamides is 1. The summed E-state index contributed by atoms with van der Waals surface area (Å²) in [5.74, 6) is -1.65. The van der Waals surface area contributed by atoms with Crippen LogP contribution < -0.4 is 4.72 Å². The van der Waals surface area contributed by atoms with Crippen LogP contribution >= 0.6 is 11.6 Å². The van der Waals surface area contributed by atoms with E-state index >= 15 is 0 Å². The van der Waals surface area contributed by atoms with E-state index in [1.54, 1.807) is 0 Å². The molecule has 0 radical (unpaired) electrons. The van der Waals surface area contributed by atoms with Crippen molar-refractivity contribution in [3.05, 3.63) is 23.5 Å². The number of hydrogen-bond donors (Lipinski definition) is 2. The summed E-state index contributed by atoms with van der Waals surface area (Å²) in [5, 5.41) is 8.60. The lowest BCUT2D eigenvalue weighted by atomic mass is 10.4. The smallest absolute Gasteiger partial charge is 0.304 e. The fourth-order valence-electron chi connectivity index (χ4n) is 0.888. The summed E-state index contributed by atoms with van der Waals surface area (Å²) in [7, 11) is -3.66. The Morgan fingerprint density at radius 3 is 2.69 bits per heavy atom. The molecule has 1 aromatic rings. The maximum Gasteiger partial charge on any atom is 0.304 e. The minimum absolute atomic E-state index is 0.244. The number of carbonyl (C=O) groups is 1. The summed E-state index contributed by atoms with van der Waals surface area (Å²) in [6, 6.07) is 2.87. The summed E-state index contributed by atoms with van der Waals surface area (Å²) >= 11 is 5.52. The maximum absolute atomic E-state index is 11.4. The third-order valence-electron chi connectivity index (χ3n) is 1.59. The molecule has 6 nitrogen and oxygen atoms in total. The van der Waals surface area contributed by atoms with Crippen molar-refractivity contribution in [3.63, 3.8) is 0 Å². The molecule has 1 aromatic heterocycles. The highest BCUT2D eigenvalue weighted by molar-refractivity contribution is 7.92. The number of aromatic nitrogens is 1. The molecule has 0 bridgehead atoms. The van der Waals surface area contributed by atoms with E-state index < -0.39 is 28.2 Å². The quantitative estimate of drug-likeness (QED) is 0.772. The number of halogens is 1. The number of pyridine rings is 1. The van der Waals surface area contributed by atoms with Crippen LogP contribution in [0.4, 0.5) is 5.69 Å². The van der Waals surface area contributed by atoms with Crippen molar-refractivity contribution in [2.45, 2.75) is 6.42 Å². The highest BCUT2D eigenvalue weighted by atomic mass is 35.5. The first-order valence-corrected chi connectivity index (χ1v) is 6.26. The maximum atomic E-state index is 11.4. The first-order chi connectivity index (χ1) is 7.39. The lowest BCUT2D eigenvalue weighted by molar-refractivity contribution is -0.136. The summed E-state index contributed by atoms with van der Waals surface area (Å²) in [6.07, 6.45) is 0.803. The Kier molecular flexibility index (Phi) is 4.08. The predicted octanol–water partition coefficient (Wildman–Crippen LogP) is 0.951. The molecule has 2 N–H and O–H groups in total. The monoisotopic (exact) mass is 264 g/mol. The molecule has 16 heavy (non-hydrogen) atoms. The van der Waals surface area contributed by atoms with Gasteiger partial charge in [0.15, 0.2) is 0 Å². The summed E-state index contributed by atoms with van der Waals surface area (Å²) in [5.41, 5.74) is 0.245. The average molecular weight is 265 g/mol. The Morgan fingerprint density at radius 2 is 2.19 bits per heavy atom. The molecule has 0 saturated heterocycles. The highest BCUT2D eigenvalue weighted by Gasteiger charge is 2.12. The topological polar surface area (TPSA) is 96.4 Å². The van der Waals surface area contributed by atoms with Gasteiger partial charge in [-0.2, -0.15) is 0 Å². The van der Waals surface area contributed by atoms with E-state index in [9.17, 15) is 13.2 Å². The Bertz CT molecular complexity index is 471. The van der Waals surface area contributed by atoms with Crippen LogP contribution in [0, 0.1) is 0 Å². The molecule has 8 heteroatoms. The first-order valence-electron chi connectivity index (χ1n) is 4.23. The largest absolute Gasteiger partial charge is 0.481 e. The molecule has 0 aromatic carbocycles. The van der Waals surface area contributed by atoms with Crippen molar-refractivity contribution < 1.29 is 18.3 Å². The molecular weight excluding hydrogens is 256 g/mol. The van der Waals surface area contributed by atoms with Crippen molar-refractivity contribution in [3.8, 4) is 0 Å². The van der Waals surface area contributed by atoms with Gasteiger partial charge in [0.25, 0.3) is 0 Å². The van der Waals surface area contributed by atoms with Gasteiger partial charge in [0, 0.05) is 0 Å². The van der Waals surface area contributed by atoms with Crippen molar-refractivity contribution in [1.82, 2.24) is 4.98 Å². The van der Waals surface area contributed by atoms with Crippen molar-refractivity contribution >= 4 is 33.3 Å². The minimum atomic E-state index is -3.66. The Morgan fingerprint density at radius 1 is 1.50 bits per heavy atom. The number of hydrogen-bond acceptors (Lipinski definition) is 4. The Hall–Kier alpha value is -1.34. The lowest BCUT2D eigenvalue weighted by Crippen LogP contribution is -2.18. The number of nitrogens with one attached hydrogen (secondary N) is 1. The van der Waals surface area contributed by atoms with Gasteiger partial charge in [-0.15, -0.1) is 0 Å². The summed E-state index contributed by atoms with van der Waals surface area (Å²) < 4.78 is 24.9. The molecular formula is C8H9ClN2O4S. The van der Waals surface area contributed by atoms with Crippen molar-refractivity contribution in [2.75, 3.05) is 10.5 Å². The van der Waals surface area contributed by atoms with Gasteiger partial charge in [0.1, 0.15) is 5.15 Å². The minimum Gasteiger partial charge on any atom is -0.481 e. The normalized spacial score (nSPS) is 11.1. The summed E-state index contributed by atoms with van der Waals surface area (Å²) in [6.45, 7) is 0. The number of carboxylic acid groups (broad SMARTS) is 1. The summed E-state index contributed by atoms with van der Waals surface area (Å²) in [4.78, 5) is 13.9. The van der Waals surface area contributed by atoms with Crippen LogP contribution in [0.5, 0.6) is 0 Å². The van der Waals surface area contributed by atoms with E-state index in [2.05, 4.69) is 9.71 Å². The zero-order valence-electron chi connectivity index (χ0n) is 8.05. The molecule has 0 fully saturated rings. The van der Waals surface area contributed by atoms with Gasteiger partial charge in [0.05, 0.1) is 24.1 Å². The van der Waals surface area contributed by atoms with Crippen LogP contribution in [0.15, 0.2) is 18.3 Å². The number of carboxylic acids is 1. The third-order valence-corrected chi connectivity index (χ3v) is 3.10. The van der Waals surface area contributed by atoms with E-state index in [0.29, 0.717) is 0 Å². The fourth-order valence-corrected chi connectivity index (χ4v) is 2.03. The second-order valence-electron chi connectivity index (χ2n) is 2.93. The predicted molar refractivity (Wildman–Crippen MR) is 58.9 cm³/mol. The van der Waals surface area contributed by atoms with Gasteiger partial charge in [-0.3, -0.25) is 9.52 Å². The van der Waals surface area contributed by atoms with E-state index in [0.717, 1.165) is 0 Å². The van der Waals surface area contributed by atoms with Crippen LogP contribution in [0.2, 0.25) is 5.15 Å². The Labute approximate surface area is 97.3 Å². The molecule has 0 atom stereocenters. The molecule has 88 valence electrons. The number of aliphatic carboxylic acids is 1. The fraction of sp³-hybridized carbons (Fsp3) is 0.250. The molecule has 0 amide bonds. The molecule has 0 saturated carbocycles. The van der Waals surface area contributed by atoms with Gasteiger partial charge in [-0.05, 0) is 12.1 Å². The molecule has 0 aliphatic heterocycles. The lowest BCUT2D eigenvalue weighted by Gasteiger charge is -2.05. The van der Waals surface area contributed by atoms with E-state index in [-0.39, 0.29) is 10.8 Å². The van der Waals surface area contributed by atoms with Crippen LogP contribution in [0.1, 0.15) is 6.42 Å². The van der Waals surface area contributed by atoms with Gasteiger partial charge in [-0.1, -0.05) is 11.6 Å². The third kappa shape index (κ3) is 4.45. The first kappa shape index (κ1) is 12.7. The number of anilines is 1. The highest BCUT2D eigenvalue weighted by Crippen LogP contribution is 2.11. The van der Waals surface area contributed by atoms with Crippen LogP contribution in [0.25, 0.3) is 0 Å². The average Bonchev–Trinajstić information content (AvgIpc) is 2.19. The van der Waals surface area contributed by atoms with E-state index in [1.807, 2.05) is 0 Å². The van der Waals surface area contributed by atoms with Crippen LogP contribution in [-0.4, -0.2) is 30.2 Å².